The minimum absolute atomic E-state index is 0.0145. The molecule has 3 rings (SSSR count). The van der Waals surface area contributed by atoms with E-state index in [1.165, 1.54) is 0 Å². The number of carbonyl (C=O) groups excluding carboxylic acids is 1. The van der Waals surface area contributed by atoms with Gasteiger partial charge in [-0.05, 0) is 42.8 Å². The number of aromatic nitrogens is 1. The van der Waals surface area contributed by atoms with E-state index < -0.39 is 5.97 Å². The van der Waals surface area contributed by atoms with Crippen LogP contribution in [-0.2, 0) is 11.3 Å². The molecule has 0 N–H and O–H groups in total. The van der Waals surface area contributed by atoms with Gasteiger partial charge < -0.3 is 9.26 Å². The molecule has 0 bridgehead atoms. The average Bonchev–Trinajstić information content (AvgIpc) is 2.93. The molecule has 0 aliphatic rings. The molecule has 0 aliphatic heterocycles. The summed E-state index contributed by atoms with van der Waals surface area (Å²) in [5, 5.41) is 5.53. The third kappa shape index (κ3) is 3.99. The van der Waals surface area contributed by atoms with Crippen molar-refractivity contribution in [3.63, 3.8) is 0 Å². The van der Waals surface area contributed by atoms with E-state index in [4.69, 9.17) is 55.7 Å². The van der Waals surface area contributed by atoms with Gasteiger partial charge >= 0.3 is 5.97 Å². The SMILES string of the molecule is Cc1onc(-c2c(Cl)cccc2Cl)c1C(=O)OCc1cc(Cl)cc(Cl)c1. The standard InChI is InChI=1S/C18H11Cl4NO3/c1-9-15(17(23-26-9)16-13(21)3-2-4-14(16)22)18(24)25-8-10-5-11(19)7-12(20)6-10/h2-7H,8H2,1H3. The van der Waals surface area contributed by atoms with Crippen molar-refractivity contribution in [3.05, 3.63) is 73.4 Å². The minimum atomic E-state index is -0.620. The Kier molecular flexibility index (Phi) is 5.78. The van der Waals surface area contributed by atoms with Crippen LogP contribution >= 0.6 is 46.4 Å². The summed E-state index contributed by atoms with van der Waals surface area (Å²) in [7, 11) is 0. The van der Waals surface area contributed by atoms with Crippen LogP contribution < -0.4 is 0 Å². The molecule has 0 atom stereocenters. The molecule has 0 saturated carbocycles. The predicted molar refractivity (Wildman–Crippen MR) is 102 cm³/mol. The van der Waals surface area contributed by atoms with E-state index in [0.29, 0.717) is 37.0 Å². The molecule has 1 heterocycles. The summed E-state index contributed by atoms with van der Waals surface area (Å²) >= 11 is 24.3. The summed E-state index contributed by atoms with van der Waals surface area (Å²) in [5.74, 6) is -0.323. The molecule has 2 aromatic carbocycles. The number of carbonyl (C=O) groups is 1. The zero-order chi connectivity index (χ0) is 18.8. The fraction of sp³-hybridized carbons (Fsp3) is 0.111. The van der Waals surface area contributed by atoms with Crippen LogP contribution in [0.15, 0.2) is 40.9 Å². The van der Waals surface area contributed by atoms with Crippen LogP contribution in [0.5, 0.6) is 0 Å². The van der Waals surface area contributed by atoms with Crippen molar-refractivity contribution in [2.45, 2.75) is 13.5 Å². The molecular formula is C18H11Cl4NO3. The quantitative estimate of drug-likeness (QED) is 0.436. The lowest BCUT2D eigenvalue weighted by atomic mass is 10.1. The highest BCUT2D eigenvalue weighted by molar-refractivity contribution is 6.39. The van der Waals surface area contributed by atoms with Crippen LogP contribution in [0.1, 0.15) is 21.7 Å². The Labute approximate surface area is 169 Å². The Hall–Kier alpha value is -1.72. The smallest absolute Gasteiger partial charge is 0.344 e. The molecule has 0 saturated heterocycles. The second-order valence-corrected chi connectivity index (χ2v) is 7.10. The molecule has 4 nitrogen and oxygen atoms in total. The van der Waals surface area contributed by atoms with Crippen molar-refractivity contribution < 1.29 is 14.1 Å². The number of hydrogen-bond acceptors (Lipinski definition) is 4. The van der Waals surface area contributed by atoms with Crippen molar-refractivity contribution in [1.29, 1.82) is 0 Å². The number of hydrogen-bond donors (Lipinski definition) is 0. The van der Waals surface area contributed by atoms with Crippen LogP contribution in [0.4, 0.5) is 0 Å². The molecule has 0 unspecified atom stereocenters. The minimum Gasteiger partial charge on any atom is -0.457 e. The predicted octanol–water partition coefficient (Wildman–Crippen LogP) is 6.62. The van der Waals surface area contributed by atoms with E-state index in [2.05, 4.69) is 5.16 Å². The number of aryl methyl sites for hydroxylation is 1. The monoisotopic (exact) mass is 429 g/mol. The van der Waals surface area contributed by atoms with Gasteiger partial charge in [-0.1, -0.05) is 57.6 Å². The summed E-state index contributed by atoms with van der Waals surface area (Å²) < 4.78 is 10.5. The summed E-state index contributed by atoms with van der Waals surface area (Å²) in [6.07, 6.45) is 0. The van der Waals surface area contributed by atoms with Crippen LogP contribution in [0.2, 0.25) is 20.1 Å². The van der Waals surface area contributed by atoms with Gasteiger partial charge in [0.25, 0.3) is 0 Å². The van der Waals surface area contributed by atoms with Crippen LogP contribution in [0.25, 0.3) is 11.3 Å². The van der Waals surface area contributed by atoms with Crippen molar-refractivity contribution >= 4 is 52.4 Å². The second-order valence-electron chi connectivity index (χ2n) is 5.41. The molecule has 0 amide bonds. The Morgan fingerprint density at radius 2 is 1.69 bits per heavy atom. The lowest BCUT2D eigenvalue weighted by molar-refractivity contribution is 0.0471. The summed E-state index contributed by atoms with van der Waals surface area (Å²) in [4.78, 5) is 12.6. The van der Waals surface area contributed by atoms with E-state index in [9.17, 15) is 4.79 Å². The number of halogens is 4. The third-order valence-corrected chi connectivity index (χ3v) is 4.63. The maximum absolute atomic E-state index is 12.6. The first-order valence-electron chi connectivity index (χ1n) is 7.39. The lowest BCUT2D eigenvalue weighted by Gasteiger charge is -2.08. The highest BCUT2D eigenvalue weighted by Crippen LogP contribution is 2.37. The van der Waals surface area contributed by atoms with Gasteiger partial charge in [-0.15, -0.1) is 0 Å². The van der Waals surface area contributed by atoms with E-state index in [-0.39, 0.29) is 17.9 Å². The fourth-order valence-electron chi connectivity index (χ4n) is 2.42. The van der Waals surface area contributed by atoms with Crippen LogP contribution in [0.3, 0.4) is 0 Å². The highest BCUT2D eigenvalue weighted by Gasteiger charge is 2.26. The molecular weight excluding hydrogens is 420 g/mol. The topological polar surface area (TPSA) is 52.3 Å². The summed E-state index contributed by atoms with van der Waals surface area (Å²) in [5.41, 5.74) is 1.45. The molecule has 0 radical (unpaired) electrons. The molecule has 0 aliphatic carbocycles. The molecule has 3 aromatic rings. The third-order valence-electron chi connectivity index (χ3n) is 3.56. The normalized spacial score (nSPS) is 10.8. The Morgan fingerprint density at radius 3 is 2.31 bits per heavy atom. The molecule has 0 fully saturated rings. The van der Waals surface area contributed by atoms with Gasteiger partial charge in [0, 0.05) is 15.6 Å². The van der Waals surface area contributed by atoms with Crippen molar-refractivity contribution in [2.24, 2.45) is 0 Å². The maximum atomic E-state index is 12.6. The summed E-state index contributed by atoms with van der Waals surface area (Å²) in [6.45, 7) is 1.59. The zero-order valence-corrected chi connectivity index (χ0v) is 16.4. The Balaban J connectivity index is 1.90. The van der Waals surface area contributed by atoms with Crippen LogP contribution in [0, 0.1) is 6.92 Å². The van der Waals surface area contributed by atoms with Gasteiger partial charge in [-0.25, -0.2) is 4.79 Å². The van der Waals surface area contributed by atoms with Gasteiger partial charge in [0.15, 0.2) is 0 Å². The van der Waals surface area contributed by atoms with Crippen molar-refractivity contribution in [1.82, 2.24) is 5.16 Å². The average molecular weight is 431 g/mol. The second kappa shape index (κ2) is 7.89. The van der Waals surface area contributed by atoms with E-state index in [0.717, 1.165) is 0 Å². The Morgan fingerprint density at radius 1 is 1.08 bits per heavy atom. The number of benzene rings is 2. The van der Waals surface area contributed by atoms with Gasteiger partial charge in [0.2, 0.25) is 0 Å². The lowest BCUT2D eigenvalue weighted by Crippen LogP contribution is -2.07. The Bertz CT molecular complexity index is 944. The first kappa shape index (κ1) is 19.1. The van der Waals surface area contributed by atoms with Crippen molar-refractivity contribution in [2.75, 3.05) is 0 Å². The number of nitrogens with zero attached hydrogens (tertiary/aromatic N) is 1. The van der Waals surface area contributed by atoms with E-state index >= 15 is 0 Å². The van der Waals surface area contributed by atoms with E-state index in [1.54, 1.807) is 43.3 Å². The number of ether oxygens (including phenoxy) is 1. The first-order valence-corrected chi connectivity index (χ1v) is 8.90. The fourth-order valence-corrected chi connectivity index (χ4v) is 3.57. The number of rotatable bonds is 4. The summed E-state index contributed by atoms with van der Waals surface area (Å²) in [6, 6.07) is 9.91. The largest absolute Gasteiger partial charge is 0.457 e. The zero-order valence-electron chi connectivity index (χ0n) is 13.4. The maximum Gasteiger partial charge on any atom is 0.344 e. The molecule has 26 heavy (non-hydrogen) atoms. The molecule has 8 heteroatoms. The first-order chi connectivity index (χ1) is 12.4. The van der Waals surface area contributed by atoms with E-state index in [1.807, 2.05) is 0 Å². The molecule has 1 aromatic heterocycles. The molecule has 0 spiro atoms. The van der Waals surface area contributed by atoms with Gasteiger partial charge in [0.05, 0.1) is 10.0 Å². The van der Waals surface area contributed by atoms with Gasteiger partial charge in [-0.3, -0.25) is 0 Å². The molecule has 134 valence electrons. The highest BCUT2D eigenvalue weighted by atomic mass is 35.5. The van der Waals surface area contributed by atoms with Gasteiger partial charge in [-0.2, -0.15) is 0 Å². The number of esters is 1. The van der Waals surface area contributed by atoms with Crippen molar-refractivity contribution in [3.8, 4) is 11.3 Å². The van der Waals surface area contributed by atoms with Gasteiger partial charge in [0.1, 0.15) is 23.6 Å². The van der Waals surface area contributed by atoms with Crippen LogP contribution in [-0.4, -0.2) is 11.1 Å².